The summed E-state index contributed by atoms with van der Waals surface area (Å²) in [6.07, 6.45) is 1.95. The van der Waals surface area contributed by atoms with Crippen LogP contribution in [0.2, 0.25) is 0 Å². The smallest absolute Gasteiger partial charge is 0.190 e. The molecule has 6 nitrogen and oxygen atoms in total. The first kappa shape index (κ1) is 53.8. The monoisotopic (exact) mass is 1180 g/mol. The normalized spacial score (nSPS) is 12.6. The van der Waals surface area contributed by atoms with Gasteiger partial charge in [0.05, 0.1) is 34.2 Å². The van der Waals surface area contributed by atoms with Gasteiger partial charge in [-0.15, -0.1) is 29.3 Å². The van der Waals surface area contributed by atoms with Crippen molar-refractivity contribution >= 4 is 38.5 Å². The Hall–Kier alpha value is -7.06. The summed E-state index contributed by atoms with van der Waals surface area (Å²) in [4.78, 5) is 14.3. The van der Waals surface area contributed by atoms with E-state index in [2.05, 4.69) is 245 Å². The van der Waals surface area contributed by atoms with Crippen LogP contribution < -0.4 is 0 Å². The Balaban J connectivity index is 0.00000706. The fourth-order valence-electron chi connectivity index (χ4n) is 10.3. The van der Waals surface area contributed by atoms with Crippen LogP contribution in [0.1, 0.15) is 132 Å². The zero-order chi connectivity index (χ0) is 53.7. The molecule has 0 aliphatic carbocycles. The zero-order valence-corrected chi connectivity index (χ0v) is 49.1. The topological polar surface area (TPSA) is 60.2 Å². The second kappa shape index (κ2) is 19.2. The van der Waals surface area contributed by atoms with Crippen LogP contribution in [0.15, 0.2) is 146 Å². The van der Waals surface area contributed by atoms with Gasteiger partial charge in [0.25, 0.3) is 0 Å². The molecule has 7 aromatic carbocycles. The molecule has 0 fully saturated rings. The van der Waals surface area contributed by atoms with Gasteiger partial charge in [-0.25, -0.2) is 9.83 Å². The SMILES string of the molecule is [C-]#[N+]c1ccc(-c2nc3c(-c4[c-]c(-c5cc(-c6cc(C(C)(C)C)cc7c8cc(C(C)(C)C)ccc8n(-c8ccccc8)c67)ccn5)cc(C(C)(C)C)c4)cccc3n2-c2cc(C(C)(C)C)cc(C(C)(C)C)c2)c(O)c1.[Pt]. The van der Waals surface area contributed by atoms with E-state index < -0.39 is 0 Å². The number of hydrogen-bond acceptors (Lipinski definition) is 3. The van der Waals surface area contributed by atoms with Gasteiger partial charge in [0.15, 0.2) is 5.69 Å². The minimum atomic E-state index is -0.225. The Kier molecular flexibility index (Phi) is 13.6. The Morgan fingerprint density at radius 3 is 1.71 bits per heavy atom. The summed E-state index contributed by atoms with van der Waals surface area (Å²) in [6, 6.07) is 53.6. The van der Waals surface area contributed by atoms with Gasteiger partial charge in [0.2, 0.25) is 0 Å². The van der Waals surface area contributed by atoms with Gasteiger partial charge in [-0.3, -0.25) is 9.55 Å². The van der Waals surface area contributed by atoms with Crippen molar-refractivity contribution in [3.05, 3.63) is 191 Å². The average Bonchev–Trinajstić information content (AvgIpc) is 4.02. The minimum absolute atomic E-state index is 0. The quantitative estimate of drug-likeness (QED) is 0.169. The van der Waals surface area contributed by atoms with Crippen LogP contribution in [-0.4, -0.2) is 24.2 Å². The van der Waals surface area contributed by atoms with Gasteiger partial charge < -0.3 is 9.67 Å². The Morgan fingerprint density at radius 2 is 1.09 bits per heavy atom. The van der Waals surface area contributed by atoms with Crippen molar-refractivity contribution < 1.29 is 26.2 Å². The summed E-state index contributed by atoms with van der Waals surface area (Å²) in [6.45, 7) is 41.7. The predicted octanol–water partition coefficient (Wildman–Crippen LogP) is 18.7. The maximum Gasteiger partial charge on any atom is 0.190 e. The van der Waals surface area contributed by atoms with E-state index in [1.165, 1.54) is 44.6 Å². The van der Waals surface area contributed by atoms with Crippen LogP contribution in [0, 0.1) is 12.6 Å². The third-order valence-corrected chi connectivity index (χ3v) is 14.9. The van der Waals surface area contributed by atoms with Crippen molar-refractivity contribution in [3.8, 4) is 62.0 Å². The van der Waals surface area contributed by atoms with E-state index in [-0.39, 0.29) is 53.9 Å². The summed E-state index contributed by atoms with van der Waals surface area (Å²) in [5.41, 5.74) is 18.2. The molecule has 1 N–H and O–H groups in total. The molecule has 10 aromatic rings. The number of fused-ring (bicyclic) bond motifs is 4. The van der Waals surface area contributed by atoms with Gasteiger partial charge in [-0.2, -0.15) is 0 Å². The number of benzene rings is 7. The van der Waals surface area contributed by atoms with Crippen molar-refractivity contribution in [2.75, 3.05) is 0 Å². The molecule has 7 heteroatoms. The zero-order valence-electron chi connectivity index (χ0n) is 46.9. The van der Waals surface area contributed by atoms with Crippen molar-refractivity contribution in [2.45, 2.75) is 131 Å². The van der Waals surface area contributed by atoms with Crippen LogP contribution in [0.4, 0.5) is 5.69 Å². The summed E-state index contributed by atoms with van der Waals surface area (Å²) in [5.74, 6) is 0.591. The fourth-order valence-corrected chi connectivity index (χ4v) is 10.3. The third-order valence-electron chi connectivity index (χ3n) is 14.9. The van der Waals surface area contributed by atoms with E-state index in [1.54, 1.807) is 6.07 Å². The summed E-state index contributed by atoms with van der Waals surface area (Å²) in [5, 5.41) is 14.1. The van der Waals surface area contributed by atoms with Crippen molar-refractivity contribution in [1.82, 2.24) is 19.1 Å². The molecule has 0 unspecified atom stereocenters. The van der Waals surface area contributed by atoms with Gasteiger partial charge in [0.1, 0.15) is 11.6 Å². The van der Waals surface area contributed by atoms with E-state index in [0.717, 1.165) is 67.0 Å². The number of phenols is 1. The van der Waals surface area contributed by atoms with Crippen LogP contribution in [0.25, 0.3) is 94.0 Å². The van der Waals surface area contributed by atoms with E-state index in [4.69, 9.17) is 16.5 Å². The number of hydrogen-bond donors (Lipinski definition) is 1. The molecular formula is C69H70N5OPt-. The molecule has 76 heavy (non-hydrogen) atoms. The molecule has 10 rings (SSSR count). The molecule has 0 bridgehead atoms. The Morgan fingerprint density at radius 1 is 0.487 bits per heavy atom. The van der Waals surface area contributed by atoms with E-state index >= 15 is 0 Å². The maximum absolute atomic E-state index is 11.7. The number of aromatic hydroxyl groups is 1. The standard InChI is InChI=1S/C69H70N5O.Pt/c1-65(2,3)45-25-28-59-56(38-45)57-40-49(69(13,14)15)39-55(63(57)73(59)51-21-18-17-19-22-51)42-29-30-71-58(34-42)44-31-43(32-46(33-44)66(4,5)6)53-23-20-24-60-62(53)72-64(54-27-26-50(70-16)41-61(54)75)74(60)52-36-47(67(7,8)9)35-48(37-52)68(10,11)12;/h17-30,32-41,75H,1-15H3;/q-1;. The molecule has 3 aromatic heterocycles. The summed E-state index contributed by atoms with van der Waals surface area (Å²) in [7, 11) is 0. The minimum Gasteiger partial charge on any atom is -0.509 e. The number of imidazole rings is 1. The van der Waals surface area contributed by atoms with Crippen LogP contribution in [0.5, 0.6) is 5.75 Å². The fraction of sp³-hybridized carbons (Fsp3) is 0.290. The Bertz CT molecular complexity index is 3890. The van der Waals surface area contributed by atoms with Crippen LogP contribution in [0.3, 0.4) is 0 Å². The number of aromatic nitrogens is 4. The number of phenolic OH excluding ortho intramolecular Hbond substituents is 1. The molecule has 3 heterocycles. The largest absolute Gasteiger partial charge is 0.509 e. The number of nitrogens with zero attached hydrogens (tertiary/aromatic N) is 5. The summed E-state index contributed by atoms with van der Waals surface area (Å²) >= 11 is 0. The molecule has 0 radical (unpaired) electrons. The van der Waals surface area contributed by atoms with Crippen molar-refractivity contribution in [3.63, 3.8) is 0 Å². The van der Waals surface area contributed by atoms with Crippen LogP contribution >= 0.6 is 0 Å². The Labute approximate surface area is 465 Å². The van der Waals surface area contributed by atoms with Gasteiger partial charge in [-0.1, -0.05) is 176 Å². The molecule has 0 saturated carbocycles. The molecule has 388 valence electrons. The second-order valence-electron chi connectivity index (χ2n) is 25.7. The van der Waals surface area contributed by atoms with Gasteiger partial charge in [-0.05, 0) is 122 Å². The molecule has 0 aliphatic rings. The van der Waals surface area contributed by atoms with E-state index in [1.807, 2.05) is 12.3 Å². The molecule has 0 saturated heterocycles. The molecule has 0 amide bonds. The molecule has 0 atom stereocenters. The van der Waals surface area contributed by atoms with Crippen LogP contribution in [-0.2, 0) is 48.1 Å². The van der Waals surface area contributed by atoms with Crippen molar-refractivity contribution in [1.29, 1.82) is 0 Å². The maximum atomic E-state index is 11.7. The second-order valence-corrected chi connectivity index (χ2v) is 25.7. The summed E-state index contributed by atoms with van der Waals surface area (Å²) < 4.78 is 4.63. The average molecular weight is 1180 g/mol. The predicted molar refractivity (Wildman–Crippen MR) is 315 cm³/mol. The first-order chi connectivity index (χ1) is 35.2. The van der Waals surface area contributed by atoms with Gasteiger partial charge >= 0.3 is 0 Å². The van der Waals surface area contributed by atoms with E-state index in [9.17, 15) is 5.11 Å². The van der Waals surface area contributed by atoms with Gasteiger partial charge in [0, 0.05) is 60.7 Å². The molecular weight excluding hydrogens is 1110 g/mol. The molecule has 0 aliphatic heterocycles. The number of rotatable bonds is 6. The first-order valence-electron chi connectivity index (χ1n) is 26.3. The first-order valence-corrected chi connectivity index (χ1v) is 26.3. The third kappa shape index (κ3) is 9.96. The molecule has 0 spiro atoms. The number of para-hydroxylation sites is 2. The van der Waals surface area contributed by atoms with E-state index in [0.29, 0.717) is 17.1 Å². The number of pyridine rings is 1. The van der Waals surface area contributed by atoms with Crippen molar-refractivity contribution in [2.24, 2.45) is 0 Å².